The van der Waals surface area contributed by atoms with Crippen molar-refractivity contribution in [1.29, 1.82) is 0 Å². The molecule has 1 N–H and O–H groups in total. The zero-order valence-corrected chi connectivity index (χ0v) is 10.8. The maximum absolute atomic E-state index is 12.1. The SMILES string of the molecule is CSc1ccccc1C(=O)N(C)C(C)C(=O)O. The van der Waals surface area contributed by atoms with E-state index in [1.54, 1.807) is 12.1 Å². The van der Waals surface area contributed by atoms with Crippen molar-refractivity contribution in [1.82, 2.24) is 4.90 Å². The van der Waals surface area contributed by atoms with Crippen LogP contribution in [0.2, 0.25) is 0 Å². The minimum Gasteiger partial charge on any atom is -0.480 e. The van der Waals surface area contributed by atoms with Crippen LogP contribution in [0.1, 0.15) is 17.3 Å². The molecule has 17 heavy (non-hydrogen) atoms. The minimum absolute atomic E-state index is 0.273. The highest BCUT2D eigenvalue weighted by Gasteiger charge is 2.23. The number of carboxylic acid groups (broad SMARTS) is 1. The van der Waals surface area contributed by atoms with Gasteiger partial charge in [-0.1, -0.05) is 12.1 Å². The van der Waals surface area contributed by atoms with Crippen LogP contribution in [0.25, 0.3) is 0 Å². The van der Waals surface area contributed by atoms with Crippen LogP contribution in [0, 0.1) is 0 Å². The van der Waals surface area contributed by atoms with Crippen molar-refractivity contribution < 1.29 is 14.7 Å². The molecule has 0 radical (unpaired) electrons. The summed E-state index contributed by atoms with van der Waals surface area (Å²) in [6.45, 7) is 1.49. The topological polar surface area (TPSA) is 57.6 Å². The second-order valence-electron chi connectivity index (χ2n) is 3.63. The maximum atomic E-state index is 12.1. The molecule has 92 valence electrons. The molecule has 1 aromatic carbocycles. The fourth-order valence-corrected chi connectivity index (χ4v) is 1.94. The number of carbonyl (C=O) groups is 2. The normalized spacial score (nSPS) is 11.9. The van der Waals surface area contributed by atoms with Crippen LogP contribution in [0.3, 0.4) is 0 Å². The van der Waals surface area contributed by atoms with Gasteiger partial charge < -0.3 is 10.0 Å². The monoisotopic (exact) mass is 253 g/mol. The molecule has 0 heterocycles. The van der Waals surface area contributed by atoms with E-state index in [0.29, 0.717) is 5.56 Å². The van der Waals surface area contributed by atoms with E-state index in [1.807, 2.05) is 18.4 Å². The van der Waals surface area contributed by atoms with Gasteiger partial charge >= 0.3 is 5.97 Å². The van der Waals surface area contributed by atoms with Gasteiger partial charge in [-0.05, 0) is 25.3 Å². The first-order valence-electron chi connectivity index (χ1n) is 5.12. The number of likely N-dealkylation sites (N-methyl/N-ethyl adjacent to an activating group) is 1. The van der Waals surface area contributed by atoms with E-state index in [0.717, 1.165) is 4.90 Å². The molecule has 0 bridgehead atoms. The first kappa shape index (κ1) is 13.6. The Labute approximate surface area is 105 Å². The van der Waals surface area contributed by atoms with Crippen molar-refractivity contribution in [2.75, 3.05) is 13.3 Å². The van der Waals surface area contributed by atoms with Gasteiger partial charge in [-0.25, -0.2) is 4.79 Å². The van der Waals surface area contributed by atoms with Gasteiger partial charge in [-0.3, -0.25) is 4.79 Å². The lowest BCUT2D eigenvalue weighted by atomic mass is 10.2. The molecule has 0 aliphatic heterocycles. The average molecular weight is 253 g/mol. The third-order valence-corrected chi connectivity index (χ3v) is 3.39. The number of thioether (sulfide) groups is 1. The number of aliphatic carboxylic acids is 1. The molecule has 0 fully saturated rings. The summed E-state index contributed by atoms with van der Waals surface area (Å²) in [6.07, 6.45) is 1.88. The van der Waals surface area contributed by atoms with Crippen LogP contribution in [0.5, 0.6) is 0 Å². The minimum atomic E-state index is -1.01. The predicted molar refractivity (Wildman–Crippen MR) is 67.4 cm³/mol. The van der Waals surface area contributed by atoms with Crippen LogP contribution >= 0.6 is 11.8 Å². The van der Waals surface area contributed by atoms with Gasteiger partial charge in [0.2, 0.25) is 0 Å². The second-order valence-corrected chi connectivity index (χ2v) is 4.48. The molecular weight excluding hydrogens is 238 g/mol. The van der Waals surface area contributed by atoms with Crippen LogP contribution in [-0.4, -0.2) is 41.2 Å². The fourth-order valence-electron chi connectivity index (χ4n) is 1.35. The summed E-state index contributed by atoms with van der Waals surface area (Å²) in [6, 6.07) is 6.34. The molecule has 0 saturated carbocycles. The molecule has 0 spiro atoms. The van der Waals surface area contributed by atoms with E-state index >= 15 is 0 Å². The van der Waals surface area contributed by atoms with Crippen molar-refractivity contribution in [3.8, 4) is 0 Å². The highest BCUT2D eigenvalue weighted by molar-refractivity contribution is 7.98. The number of amides is 1. The molecule has 1 aromatic rings. The Bertz CT molecular complexity index is 434. The van der Waals surface area contributed by atoms with Crippen LogP contribution in [0.15, 0.2) is 29.2 Å². The molecule has 0 aromatic heterocycles. The van der Waals surface area contributed by atoms with Crippen LogP contribution < -0.4 is 0 Å². The van der Waals surface area contributed by atoms with E-state index in [2.05, 4.69) is 0 Å². The van der Waals surface area contributed by atoms with Gasteiger partial charge in [0.15, 0.2) is 0 Å². The quantitative estimate of drug-likeness (QED) is 0.833. The van der Waals surface area contributed by atoms with Crippen molar-refractivity contribution in [2.45, 2.75) is 17.9 Å². The Morgan fingerprint density at radius 1 is 1.35 bits per heavy atom. The van der Waals surface area contributed by atoms with E-state index < -0.39 is 12.0 Å². The Balaban J connectivity index is 3.00. The van der Waals surface area contributed by atoms with Gasteiger partial charge in [0, 0.05) is 11.9 Å². The predicted octanol–water partition coefficient (Wildman–Crippen LogP) is 1.95. The summed E-state index contributed by atoms with van der Waals surface area (Å²) in [5, 5.41) is 8.88. The van der Waals surface area contributed by atoms with E-state index in [4.69, 9.17) is 5.11 Å². The number of nitrogens with zero attached hydrogens (tertiary/aromatic N) is 1. The molecule has 1 amide bonds. The van der Waals surface area contributed by atoms with E-state index in [-0.39, 0.29) is 5.91 Å². The van der Waals surface area contributed by atoms with E-state index in [1.165, 1.54) is 30.6 Å². The van der Waals surface area contributed by atoms with Crippen molar-refractivity contribution in [2.24, 2.45) is 0 Å². The largest absolute Gasteiger partial charge is 0.480 e. The Morgan fingerprint density at radius 3 is 2.47 bits per heavy atom. The number of benzene rings is 1. The summed E-state index contributed by atoms with van der Waals surface area (Å²) >= 11 is 1.47. The van der Waals surface area contributed by atoms with Gasteiger partial charge in [-0.15, -0.1) is 11.8 Å². The molecule has 0 aliphatic rings. The number of hydrogen-bond donors (Lipinski definition) is 1. The zero-order chi connectivity index (χ0) is 13.0. The highest BCUT2D eigenvalue weighted by atomic mass is 32.2. The standard InChI is InChI=1S/C12H15NO3S/c1-8(12(15)16)13(2)11(14)9-6-4-5-7-10(9)17-3/h4-8H,1-3H3,(H,15,16). The average Bonchev–Trinajstić information content (AvgIpc) is 2.35. The van der Waals surface area contributed by atoms with Gasteiger partial charge in [-0.2, -0.15) is 0 Å². The summed E-state index contributed by atoms with van der Waals surface area (Å²) in [7, 11) is 1.50. The summed E-state index contributed by atoms with van der Waals surface area (Å²) in [5.74, 6) is -1.28. The molecule has 1 atom stereocenters. The second kappa shape index (κ2) is 5.72. The lowest BCUT2D eigenvalue weighted by Gasteiger charge is -2.22. The first-order chi connectivity index (χ1) is 7.99. The van der Waals surface area contributed by atoms with Crippen LogP contribution in [-0.2, 0) is 4.79 Å². The number of carbonyl (C=O) groups excluding carboxylic acids is 1. The molecule has 1 unspecified atom stereocenters. The zero-order valence-electron chi connectivity index (χ0n) is 10.0. The first-order valence-corrected chi connectivity index (χ1v) is 6.34. The van der Waals surface area contributed by atoms with Crippen molar-refractivity contribution in [3.05, 3.63) is 29.8 Å². The molecule has 5 heteroatoms. The smallest absolute Gasteiger partial charge is 0.326 e. The number of hydrogen-bond acceptors (Lipinski definition) is 3. The van der Waals surface area contributed by atoms with E-state index in [9.17, 15) is 9.59 Å². The molecule has 4 nitrogen and oxygen atoms in total. The maximum Gasteiger partial charge on any atom is 0.326 e. The van der Waals surface area contributed by atoms with Crippen LogP contribution in [0.4, 0.5) is 0 Å². The molecular formula is C12H15NO3S. The van der Waals surface area contributed by atoms with Gasteiger partial charge in [0.05, 0.1) is 5.56 Å². The summed E-state index contributed by atoms with van der Waals surface area (Å²) in [5.41, 5.74) is 0.538. The lowest BCUT2D eigenvalue weighted by Crippen LogP contribution is -2.40. The van der Waals surface area contributed by atoms with Gasteiger partial charge in [0.1, 0.15) is 6.04 Å². The summed E-state index contributed by atoms with van der Waals surface area (Å²) < 4.78 is 0. The molecule has 1 rings (SSSR count). The van der Waals surface area contributed by atoms with Crippen molar-refractivity contribution >= 4 is 23.6 Å². The number of rotatable bonds is 4. The number of carboxylic acids is 1. The Morgan fingerprint density at radius 2 is 1.94 bits per heavy atom. The molecule has 0 aliphatic carbocycles. The van der Waals surface area contributed by atoms with Crippen molar-refractivity contribution in [3.63, 3.8) is 0 Å². The highest BCUT2D eigenvalue weighted by Crippen LogP contribution is 2.21. The Hall–Kier alpha value is -1.49. The molecule has 0 saturated heterocycles. The Kier molecular flexibility index (Phi) is 4.57. The lowest BCUT2D eigenvalue weighted by molar-refractivity contribution is -0.141. The fraction of sp³-hybridized carbons (Fsp3) is 0.333. The third-order valence-electron chi connectivity index (χ3n) is 2.60. The van der Waals surface area contributed by atoms with Gasteiger partial charge in [0.25, 0.3) is 5.91 Å². The third kappa shape index (κ3) is 3.00. The summed E-state index contributed by atoms with van der Waals surface area (Å²) in [4.78, 5) is 25.0.